The van der Waals surface area contributed by atoms with Crippen LogP contribution in [0.2, 0.25) is 0 Å². The number of halogens is 5. The van der Waals surface area contributed by atoms with E-state index in [1.54, 1.807) is 6.07 Å². The number of hydrogen-bond donors (Lipinski definition) is 2. The lowest BCUT2D eigenvalue weighted by Gasteiger charge is -2.36. The van der Waals surface area contributed by atoms with Crippen molar-refractivity contribution in [2.24, 2.45) is 0 Å². The topological polar surface area (TPSA) is 87.1 Å². The highest BCUT2D eigenvalue weighted by atomic mass is 32.1. The Morgan fingerprint density at radius 1 is 1.17 bits per heavy atom. The Labute approximate surface area is 201 Å². The van der Waals surface area contributed by atoms with Gasteiger partial charge in [-0.3, -0.25) is 0 Å². The highest BCUT2D eigenvalue weighted by Gasteiger charge is 2.42. The minimum absolute atomic E-state index is 0.00693. The molecule has 1 aromatic carbocycles. The van der Waals surface area contributed by atoms with E-state index >= 15 is 0 Å². The number of carbonyl (C=O) groups excluding carboxylic acids is 1. The molecular weight excluding hydrogens is 497 g/mol. The maximum Gasteiger partial charge on any atom is 0.416 e. The summed E-state index contributed by atoms with van der Waals surface area (Å²) in [5.41, 5.74) is -2.17. The van der Waals surface area contributed by atoms with Gasteiger partial charge in [0.25, 0.3) is 5.92 Å². The van der Waals surface area contributed by atoms with E-state index in [1.165, 1.54) is 11.0 Å². The minimum Gasteiger partial charge on any atom is -0.477 e. The van der Waals surface area contributed by atoms with Crippen LogP contribution in [-0.4, -0.2) is 52.5 Å². The lowest BCUT2D eigenvalue weighted by atomic mass is 9.95. The van der Waals surface area contributed by atoms with Gasteiger partial charge in [-0.05, 0) is 49.9 Å². The first-order valence-electron chi connectivity index (χ1n) is 10.9. The minimum atomic E-state index is -4.79. The zero-order valence-electron chi connectivity index (χ0n) is 18.4. The molecule has 2 heterocycles. The van der Waals surface area contributed by atoms with Crippen molar-refractivity contribution in [3.63, 3.8) is 0 Å². The van der Waals surface area contributed by atoms with E-state index in [1.807, 2.05) is 0 Å². The van der Waals surface area contributed by atoms with Gasteiger partial charge in [0, 0.05) is 29.4 Å². The lowest BCUT2D eigenvalue weighted by Crippen LogP contribution is -2.47. The maximum absolute atomic E-state index is 14.7. The first-order chi connectivity index (χ1) is 16.4. The highest BCUT2D eigenvalue weighted by Crippen LogP contribution is 2.38. The van der Waals surface area contributed by atoms with Crippen LogP contribution in [0.1, 0.15) is 51.4 Å². The normalized spacial score (nSPS) is 17.8. The summed E-state index contributed by atoms with van der Waals surface area (Å²) in [5.74, 6) is -4.94. The summed E-state index contributed by atoms with van der Waals surface area (Å²) in [6, 6.07) is 5.40. The Morgan fingerprint density at radius 2 is 1.89 bits per heavy atom. The molecule has 12 heteroatoms. The molecule has 1 saturated heterocycles. The number of carboxylic acids is 1. The largest absolute Gasteiger partial charge is 0.477 e. The number of thiophene rings is 1. The van der Waals surface area contributed by atoms with Gasteiger partial charge in [0.2, 0.25) is 0 Å². The number of aryl methyl sites for hydroxylation is 1. The van der Waals surface area contributed by atoms with Crippen molar-refractivity contribution in [3.05, 3.63) is 57.3 Å². The molecule has 0 unspecified atom stereocenters. The zero-order valence-corrected chi connectivity index (χ0v) is 19.2. The standard InChI is InChI=1S/C23H24F5NO5S/c24-22(25,14-3-1-4-15(13-14)23(26,27)28)19(30)9-6-16-10-12-34-21(33)29(16)11-2-5-17-7-8-18(35-17)20(31)32/h1,3-4,7-8,13,16,19,30H,2,5-6,9-12H2,(H,31,32)/t16-,19+/m0/s1. The number of hydrogen-bond acceptors (Lipinski definition) is 5. The number of aliphatic hydroxyl groups is 1. The van der Waals surface area contributed by atoms with Crippen molar-refractivity contribution < 1.29 is 46.5 Å². The van der Waals surface area contributed by atoms with Crippen LogP contribution in [0.5, 0.6) is 0 Å². The molecule has 2 aromatic rings. The van der Waals surface area contributed by atoms with Crippen LogP contribution >= 0.6 is 11.3 Å². The van der Waals surface area contributed by atoms with Crippen LogP contribution in [0.4, 0.5) is 26.7 Å². The average molecular weight is 522 g/mol. The predicted octanol–water partition coefficient (Wildman–Crippen LogP) is 5.54. The van der Waals surface area contributed by atoms with Crippen LogP contribution < -0.4 is 0 Å². The van der Waals surface area contributed by atoms with Crippen LogP contribution in [0.3, 0.4) is 0 Å². The molecule has 1 aromatic heterocycles. The molecule has 35 heavy (non-hydrogen) atoms. The fraction of sp³-hybridized carbons (Fsp3) is 0.478. The monoisotopic (exact) mass is 521 g/mol. The summed E-state index contributed by atoms with van der Waals surface area (Å²) in [4.78, 5) is 25.6. The van der Waals surface area contributed by atoms with Gasteiger partial charge >= 0.3 is 18.2 Å². The maximum atomic E-state index is 14.7. The first kappa shape index (κ1) is 26.9. The van der Waals surface area contributed by atoms with Gasteiger partial charge in [-0.1, -0.05) is 12.1 Å². The molecule has 192 valence electrons. The Morgan fingerprint density at radius 3 is 2.54 bits per heavy atom. The van der Waals surface area contributed by atoms with E-state index in [4.69, 9.17) is 9.84 Å². The molecule has 1 aliphatic rings. The van der Waals surface area contributed by atoms with Crippen molar-refractivity contribution in [1.29, 1.82) is 0 Å². The van der Waals surface area contributed by atoms with E-state index in [2.05, 4.69) is 0 Å². The van der Waals surface area contributed by atoms with E-state index in [9.17, 15) is 36.6 Å². The second-order valence-electron chi connectivity index (χ2n) is 8.22. The molecule has 3 rings (SSSR count). The van der Waals surface area contributed by atoms with Gasteiger partial charge in [-0.2, -0.15) is 22.0 Å². The van der Waals surface area contributed by atoms with Gasteiger partial charge < -0.3 is 19.8 Å². The SMILES string of the molecule is O=C(O)c1ccc(CCCN2C(=O)OCC[C@@H]2CC[C@@H](O)C(F)(F)c2cccc(C(F)(F)F)c2)s1. The lowest BCUT2D eigenvalue weighted by molar-refractivity contribution is -0.139. The zero-order chi connectivity index (χ0) is 25.8. The first-order valence-corrected chi connectivity index (χ1v) is 11.7. The third-order valence-electron chi connectivity index (χ3n) is 5.81. The summed E-state index contributed by atoms with van der Waals surface area (Å²) in [6.45, 7) is 0.330. The number of carboxylic acid groups (broad SMARTS) is 1. The van der Waals surface area contributed by atoms with Crippen molar-refractivity contribution >= 4 is 23.4 Å². The third kappa shape index (κ3) is 6.69. The highest BCUT2D eigenvalue weighted by molar-refractivity contribution is 7.13. The number of ether oxygens (including phenoxy) is 1. The van der Waals surface area contributed by atoms with E-state index in [0.29, 0.717) is 31.4 Å². The second kappa shape index (κ2) is 10.9. The number of benzene rings is 1. The molecule has 0 radical (unpaired) electrons. The van der Waals surface area contributed by atoms with Crippen molar-refractivity contribution in [3.8, 4) is 0 Å². The van der Waals surface area contributed by atoms with E-state index in [0.717, 1.165) is 28.3 Å². The van der Waals surface area contributed by atoms with Crippen molar-refractivity contribution in [1.82, 2.24) is 4.90 Å². The summed E-state index contributed by atoms with van der Waals surface area (Å²) in [7, 11) is 0. The van der Waals surface area contributed by atoms with Crippen molar-refractivity contribution in [2.45, 2.75) is 56.3 Å². The summed E-state index contributed by atoms with van der Waals surface area (Å²) in [5, 5.41) is 19.2. The van der Waals surface area contributed by atoms with Crippen molar-refractivity contribution in [2.75, 3.05) is 13.2 Å². The van der Waals surface area contributed by atoms with Crippen LogP contribution in [0.15, 0.2) is 36.4 Å². The number of cyclic esters (lactones) is 1. The third-order valence-corrected chi connectivity index (χ3v) is 6.95. The number of rotatable bonds is 10. The average Bonchev–Trinajstić information content (AvgIpc) is 3.27. The fourth-order valence-electron chi connectivity index (χ4n) is 3.92. The number of aliphatic hydroxyl groups excluding tert-OH is 1. The summed E-state index contributed by atoms with van der Waals surface area (Å²) in [6.07, 6.45) is -6.74. The van der Waals surface area contributed by atoms with Gasteiger partial charge in [-0.15, -0.1) is 11.3 Å². The van der Waals surface area contributed by atoms with Gasteiger partial charge in [0.1, 0.15) is 11.0 Å². The Bertz CT molecular complexity index is 1040. The van der Waals surface area contributed by atoms with Gasteiger partial charge in [0.15, 0.2) is 0 Å². The number of carbonyl (C=O) groups is 2. The van der Waals surface area contributed by atoms with Crippen LogP contribution in [0, 0.1) is 0 Å². The molecule has 1 amide bonds. The molecule has 1 fully saturated rings. The molecule has 2 atom stereocenters. The Balaban J connectivity index is 1.59. The molecule has 1 aliphatic heterocycles. The number of amides is 1. The summed E-state index contributed by atoms with van der Waals surface area (Å²) >= 11 is 1.13. The Hall–Kier alpha value is -2.73. The van der Waals surface area contributed by atoms with Crippen LogP contribution in [0.25, 0.3) is 0 Å². The van der Waals surface area contributed by atoms with Gasteiger partial charge in [-0.25, -0.2) is 9.59 Å². The predicted molar refractivity (Wildman–Crippen MR) is 117 cm³/mol. The number of aromatic carboxylic acids is 1. The quantitative estimate of drug-likeness (QED) is 0.401. The molecular formula is C23H24F5NO5S. The molecule has 0 bridgehead atoms. The second-order valence-corrected chi connectivity index (χ2v) is 9.39. The number of alkyl halides is 5. The molecule has 6 nitrogen and oxygen atoms in total. The number of nitrogens with zero attached hydrogens (tertiary/aromatic N) is 1. The smallest absolute Gasteiger partial charge is 0.416 e. The van der Waals surface area contributed by atoms with E-state index < -0.39 is 53.9 Å². The van der Waals surface area contributed by atoms with E-state index in [-0.39, 0.29) is 24.4 Å². The fourth-order valence-corrected chi connectivity index (χ4v) is 4.81. The molecule has 0 spiro atoms. The van der Waals surface area contributed by atoms with Crippen LogP contribution in [-0.2, 0) is 23.3 Å². The van der Waals surface area contributed by atoms with Gasteiger partial charge in [0.05, 0.1) is 12.2 Å². The Kier molecular flexibility index (Phi) is 8.37. The molecule has 2 N–H and O–H groups in total. The summed E-state index contributed by atoms with van der Waals surface area (Å²) < 4.78 is 73.2. The molecule has 0 saturated carbocycles. The molecule has 0 aliphatic carbocycles.